The Morgan fingerprint density at radius 3 is 3.00 bits per heavy atom. The summed E-state index contributed by atoms with van der Waals surface area (Å²) in [6, 6.07) is 13.9. The number of aryl methyl sites for hydroxylation is 1. The molecule has 0 atom stereocenters. The molecule has 1 aromatic heterocycles. The molecule has 0 saturated carbocycles. The van der Waals surface area contributed by atoms with Gasteiger partial charge in [-0.3, -0.25) is 4.79 Å². The summed E-state index contributed by atoms with van der Waals surface area (Å²) in [5.41, 5.74) is 3.03. The maximum Gasteiger partial charge on any atom is 0.224 e. The van der Waals surface area contributed by atoms with Gasteiger partial charge in [0.05, 0.1) is 10.2 Å². The second-order valence-corrected chi connectivity index (χ2v) is 6.35. The summed E-state index contributed by atoms with van der Waals surface area (Å²) in [4.78, 5) is 15.9. The Labute approximate surface area is 131 Å². The molecule has 1 aliphatic heterocycles. The number of hydrogen-bond donors (Lipinski definition) is 1. The average molecular weight is 310 g/mol. The molecule has 110 valence electrons. The van der Waals surface area contributed by atoms with Gasteiger partial charge in [0.25, 0.3) is 0 Å². The van der Waals surface area contributed by atoms with Crippen molar-refractivity contribution in [1.29, 1.82) is 0 Å². The van der Waals surface area contributed by atoms with E-state index in [1.54, 1.807) is 11.3 Å². The molecule has 0 bridgehead atoms. The highest BCUT2D eigenvalue weighted by Crippen LogP contribution is 2.28. The Kier molecular flexibility index (Phi) is 3.27. The largest absolute Gasteiger partial charge is 0.486 e. The molecule has 0 unspecified atom stereocenters. The normalized spacial score (nSPS) is 13.7. The minimum Gasteiger partial charge on any atom is -0.486 e. The van der Waals surface area contributed by atoms with Crippen molar-refractivity contribution in [3.05, 3.63) is 53.0 Å². The van der Waals surface area contributed by atoms with Crippen LogP contribution in [-0.2, 0) is 17.8 Å². The molecular weight excluding hydrogens is 296 g/mol. The first-order valence-electron chi connectivity index (χ1n) is 7.18. The van der Waals surface area contributed by atoms with Crippen molar-refractivity contribution in [3.8, 4) is 5.75 Å². The van der Waals surface area contributed by atoms with E-state index in [4.69, 9.17) is 4.74 Å². The van der Waals surface area contributed by atoms with Crippen LogP contribution in [0.4, 0.5) is 5.69 Å². The number of nitrogens with zero attached hydrogens (tertiary/aromatic N) is 1. The van der Waals surface area contributed by atoms with Crippen molar-refractivity contribution in [2.24, 2.45) is 0 Å². The Morgan fingerprint density at radius 1 is 1.18 bits per heavy atom. The third-order valence-corrected chi connectivity index (χ3v) is 4.68. The summed E-state index contributed by atoms with van der Waals surface area (Å²) in [5.74, 6) is 0.893. The third-order valence-electron chi connectivity index (χ3n) is 3.67. The zero-order valence-corrected chi connectivity index (χ0v) is 12.7. The molecule has 22 heavy (non-hydrogen) atoms. The quantitative estimate of drug-likeness (QED) is 0.801. The standard InChI is InChI=1S/C17H14N2O2S/c20-16-8-5-11-9-12(6-7-13(11)18-16)21-10-17-19-14-3-1-2-4-15(14)22-17/h1-4,6-7,9H,5,8,10H2,(H,18,20). The lowest BCUT2D eigenvalue weighted by Gasteiger charge is -2.17. The number of benzene rings is 2. The van der Waals surface area contributed by atoms with E-state index in [0.29, 0.717) is 13.0 Å². The van der Waals surface area contributed by atoms with Crippen molar-refractivity contribution in [2.45, 2.75) is 19.4 Å². The fourth-order valence-electron chi connectivity index (χ4n) is 2.58. The van der Waals surface area contributed by atoms with Crippen molar-refractivity contribution in [2.75, 3.05) is 5.32 Å². The number of ether oxygens (including phenoxy) is 1. The van der Waals surface area contributed by atoms with Gasteiger partial charge in [-0.1, -0.05) is 12.1 Å². The monoisotopic (exact) mass is 310 g/mol. The van der Waals surface area contributed by atoms with Crippen molar-refractivity contribution in [1.82, 2.24) is 4.98 Å². The van der Waals surface area contributed by atoms with E-state index in [1.165, 1.54) is 4.70 Å². The van der Waals surface area contributed by atoms with E-state index in [9.17, 15) is 4.79 Å². The highest BCUT2D eigenvalue weighted by atomic mass is 32.1. The molecule has 1 aliphatic rings. The molecule has 2 aromatic carbocycles. The van der Waals surface area contributed by atoms with Gasteiger partial charge in [0, 0.05) is 12.1 Å². The fraction of sp³-hybridized carbons (Fsp3) is 0.176. The molecule has 3 aromatic rings. The van der Waals surface area contributed by atoms with E-state index in [2.05, 4.69) is 16.4 Å². The Bertz CT molecular complexity index is 824. The number of carbonyl (C=O) groups is 1. The summed E-state index contributed by atoms with van der Waals surface area (Å²) in [5, 5.41) is 3.84. The Morgan fingerprint density at radius 2 is 2.09 bits per heavy atom. The maximum atomic E-state index is 11.4. The molecule has 4 nitrogen and oxygen atoms in total. The van der Waals surface area contributed by atoms with Crippen molar-refractivity contribution in [3.63, 3.8) is 0 Å². The zero-order valence-electron chi connectivity index (χ0n) is 11.8. The van der Waals surface area contributed by atoms with Crippen LogP contribution in [0.1, 0.15) is 17.0 Å². The lowest BCUT2D eigenvalue weighted by Crippen LogP contribution is -2.18. The van der Waals surface area contributed by atoms with Crippen LogP contribution in [0.2, 0.25) is 0 Å². The molecule has 0 fully saturated rings. The van der Waals surface area contributed by atoms with Crippen LogP contribution in [0.25, 0.3) is 10.2 Å². The smallest absolute Gasteiger partial charge is 0.224 e. The minimum atomic E-state index is 0.0793. The second kappa shape index (κ2) is 5.42. The van der Waals surface area contributed by atoms with Gasteiger partial charge in [0.15, 0.2) is 0 Å². The van der Waals surface area contributed by atoms with Crippen LogP contribution < -0.4 is 10.1 Å². The van der Waals surface area contributed by atoms with Crippen molar-refractivity contribution >= 4 is 33.1 Å². The number of aromatic nitrogens is 1. The van der Waals surface area contributed by atoms with Crippen LogP contribution >= 0.6 is 11.3 Å². The Hall–Kier alpha value is -2.40. The lowest BCUT2D eigenvalue weighted by molar-refractivity contribution is -0.116. The molecule has 0 saturated heterocycles. The summed E-state index contributed by atoms with van der Waals surface area (Å²) >= 11 is 1.65. The van der Waals surface area contributed by atoms with E-state index >= 15 is 0 Å². The van der Waals surface area contributed by atoms with E-state index < -0.39 is 0 Å². The predicted molar refractivity (Wildman–Crippen MR) is 87.3 cm³/mol. The highest BCUT2D eigenvalue weighted by molar-refractivity contribution is 7.18. The molecule has 4 rings (SSSR count). The first-order chi connectivity index (χ1) is 10.8. The number of rotatable bonds is 3. The van der Waals surface area contributed by atoms with Gasteiger partial charge in [-0.05, 0) is 42.3 Å². The number of nitrogens with one attached hydrogen (secondary N) is 1. The van der Waals surface area contributed by atoms with Crippen LogP contribution in [0, 0.1) is 0 Å². The molecule has 0 aliphatic carbocycles. The van der Waals surface area contributed by atoms with Crippen LogP contribution in [0.5, 0.6) is 5.75 Å². The van der Waals surface area contributed by atoms with Crippen LogP contribution in [0.15, 0.2) is 42.5 Å². The lowest BCUT2D eigenvalue weighted by atomic mass is 10.0. The van der Waals surface area contributed by atoms with E-state index in [1.807, 2.05) is 36.4 Å². The fourth-order valence-corrected chi connectivity index (χ4v) is 3.46. The summed E-state index contributed by atoms with van der Waals surface area (Å²) in [6.07, 6.45) is 1.30. The number of anilines is 1. The molecule has 0 spiro atoms. The predicted octanol–water partition coefficient (Wildman–Crippen LogP) is 3.76. The summed E-state index contributed by atoms with van der Waals surface area (Å²) in [7, 11) is 0. The number of hydrogen-bond acceptors (Lipinski definition) is 4. The van der Waals surface area contributed by atoms with Crippen LogP contribution in [-0.4, -0.2) is 10.9 Å². The minimum absolute atomic E-state index is 0.0793. The number of amides is 1. The zero-order chi connectivity index (χ0) is 14.9. The van der Waals surface area contributed by atoms with Crippen molar-refractivity contribution < 1.29 is 9.53 Å². The molecule has 1 N–H and O–H groups in total. The number of fused-ring (bicyclic) bond motifs is 2. The van der Waals surface area contributed by atoms with Gasteiger partial charge >= 0.3 is 0 Å². The summed E-state index contributed by atoms with van der Waals surface area (Å²) < 4.78 is 7.02. The number of thiazole rings is 1. The van der Waals surface area contributed by atoms with Gasteiger partial charge in [0.2, 0.25) is 5.91 Å². The topological polar surface area (TPSA) is 51.2 Å². The van der Waals surface area contributed by atoms with E-state index in [0.717, 1.165) is 33.9 Å². The SMILES string of the molecule is O=C1CCc2cc(OCc3nc4ccccc4s3)ccc2N1. The van der Waals surface area contributed by atoms with Gasteiger partial charge in [0.1, 0.15) is 17.4 Å². The van der Waals surface area contributed by atoms with Gasteiger partial charge in [-0.2, -0.15) is 0 Å². The van der Waals surface area contributed by atoms with Crippen LogP contribution in [0.3, 0.4) is 0 Å². The molecular formula is C17H14N2O2S. The molecule has 5 heteroatoms. The Balaban J connectivity index is 1.50. The highest BCUT2D eigenvalue weighted by Gasteiger charge is 2.15. The molecule has 0 radical (unpaired) electrons. The van der Waals surface area contributed by atoms with Gasteiger partial charge in [-0.15, -0.1) is 11.3 Å². The van der Waals surface area contributed by atoms with E-state index in [-0.39, 0.29) is 5.91 Å². The number of carbonyl (C=O) groups excluding carboxylic acids is 1. The molecule has 1 amide bonds. The first-order valence-corrected chi connectivity index (χ1v) is 7.99. The second-order valence-electron chi connectivity index (χ2n) is 5.23. The average Bonchev–Trinajstić information content (AvgIpc) is 2.95. The van der Waals surface area contributed by atoms with Gasteiger partial charge < -0.3 is 10.1 Å². The molecule has 2 heterocycles. The number of para-hydroxylation sites is 1. The summed E-state index contributed by atoms with van der Waals surface area (Å²) in [6.45, 7) is 0.463. The van der Waals surface area contributed by atoms with Gasteiger partial charge in [-0.25, -0.2) is 4.98 Å². The maximum absolute atomic E-state index is 11.4. The first kappa shape index (κ1) is 13.3. The third kappa shape index (κ3) is 2.55.